The number of amides is 1. The van der Waals surface area contributed by atoms with Crippen molar-refractivity contribution in [3.8, 4) is 0 Å². The highest BCUT2D eigenvalue weighted by Gasteiger charge is 2.27. The summed E-state index contributed by atoms with van der Waals surface area (Å²) in [6, 6.07) is 9.20. The number of carbonyl (C=O) groups excluding carboxylic acids is 1. The van der Waals surface area contributed by atoms with Crippen LogP contribution in [-0.2, 0) is 27.9 Å². The van der Waals surface area contributed by atoms with E-state index in [-0.39, 0.29) is 38.2 Å². The molecule has 1 aromatic rings. The van der Waals surface area contributed by atoms with Crippen molar-refractivity contribution in [1.82, 2.24) is 0 Å². The summed E-state index contributed by atoms with van der Waals surface area (Å²) in [5.41, 5.74) is 0.717. The van der Waals surface area contributed by atoms with E-state index in [4.69, 9.17) is 18.5 Å². The molecular weight excluding hydrogens is 345 g/mol. The summed E-state index contributed by atoms with van der Waals surface area (Å²) in [5.74, 6) is -0.204. The SMILES string of the molecule is CCOP(=O)(CCC(=O)N(CC(OC)OC)c1ccccc1)OCC. The van der Waals surface area contributed by atoms with Gasteiger partial charge in [0, 0.05) is 26.3 Å². The molecular formula is C17H28NO6P. The van der Waals surface area contributed by atoms with Gasteiger partial charge in [-0.2, -0.15) is 0 Å². The van der Waals surface area contributed by atoms with Crippen LogP contribution in [0.1, 0.15) is 20.3 Å². The van der Waals surface area contributed by atoms with Crippen LogP contribution in [0.25, 0.3) is 0 Å². The topological polar surface area (TPSA) is 74.3 Å². The molecule has 0 spiro atoms. The molecule has 0 bridgehead atoms. The highest BCUT2D eigenvalue weighted by molar-refractivity contribution is 7.53. The third kappa shape index (κ3) is 7.26. The molecule has 0 aliphatic rings. The summed E-state index contributed by atoms with van der Waals surface area (Å²) < 4.78 is 33.4. The molecule has 7 nitrogen and oxygen atoms in total. The Morgan fingerprint density at radius 3 is 2.12 bits per heavy atom. The van der Waals surface area contributed by atoms with Gasteiger partial charge in [-0.05, 0) is 26.0 Å². The number of benzene rings is 1. The zero-order valence-corrected chi connectivity index (χ0v) is 16.2. The van der Waals surface area contributed by atoms with Gasteiger partial charge in [-0.3, -0.25) is 9.36 Å². The smallest absolute Gasteiger partial charge is 0.331 e. The van der Waals surface area contributed by atoms with Crippen LogP contribution in [0.5, 0.6) is 0 Å². The lowest BCUT2D eigenvalue weighted by molar-refractivity contribution is -0.122. The molecule has 0 saturated carbocycles. The maximum absolute atomic E-state index is 12.7. The van der Waals surface area contributed by atoms with Crippen molar-refractivity contribution in [2.75, 3.05) is 45.0 Å². The molecule has 0 saturated heterocycles. The van der Waals surface area contributed by atoms with Crippen LogP contribution < -0.4 is 4.90 Å². The Morgan fingerprint density at radius 2 is 1.64 bits per heavy atom. The average molecular weight is 373 g/mol. The first-order valence-corrected chi connectivity index (χ1v) is 10.0. The molecule has 8 heteroatoms. The highest BCUT2D eigenvalue weighted by atomic mass is 31.2. The monoisotopic (exact) mass is 373 g/mol. The number of nitrogens with zero attached hydrogens (tertiary/aromatic N) is 1. The van der Waals surface area contributed by atoms with Gasteiger partial charge in [-0.15, -0.1) is 0 Å². The zero-order valence-electron chi connectivity index (χ0n) is 15.3. The zero-order chi connectivity index (χ0) is 18.7. The van der Waals surface area contributed by atoms with Gasteiger partial charge < -0.3 is 23.4 Å². The fraction of sp³-hybridized carbons (Fsp3) is 0.588. The van der Waals surface area contributed by atoms with Crippen molar-refractivity contribution in [2.24, 2.45) is 0 Å². The molecule has 0 aliphatic carbocycles. The third-order valence-electron chi connectivity index (χ3n) is 3.48. The van der Waals surface area contributed by atoms with E-state index in [1.807, 2.05) is 30.3 Å². The fourth-order valence-electron chi connectivity index (χ4n) is 2.28. The minimum atomic E-state index is -3.26. The molecule has 1 rings (SSSR count). The van der Waals surface area contributed by atoms with Crippen molar-refractivity contribution in [3.05, 3.63) is 30.3 Å². The van der Waals surface area contributed by atoms with E-state index < -0.39 is 13.9 Å². The second kappa shape index (κ2) is 11.4. The number of para-hydroxylation sites is 1. The standard InChI is InChI=1S/C17H28NO6P/c1-5-23-25(20,24-6-2)13-12-16(19)18(14-17(21-3)22-4)15-10-8-7-9-11-15/h7-11,17H,5-6,12-14H2,1-4H3. The van der Waals surface area contributed by atoms with E-state index in [9.17, 15) is 9.36 Å². The Labute approximate surface area is 149 Å². The molecule has 0 N–H and O–H groups in total. The maximum atomic E-state index is 12.7. The first-order valence-electron chi connectivity index (χ1n) is 8.28. The summed E-state index contributed by atoms with van der Waals surface area (Å²) in [4.78, 5) is 14.3. The first-order chi connectivity index (χ1) is 12.0. The van der Waals surface area contributed by atoms with Crippen LogP contribution >= 0.6 is 7.60 Å². The summed E-state index contributed by atoms with van der Waals surface area (Å²) in [5, 5.41) is 0. The molecule has 25 heavy (non-hydrogen) atoms. The maximum Gasteiger partial charge on any atom is 0.331 e. The van der Waals surface area contributed by atoms with Crippen molar-refractivity contribution in [1.29, 1.82) is 0 Å². The number of carbonyl (C=O) groups is 1. The molecule has 0 radical (unpaired) electrons. The predicted octanol–water partition coefficient (Wildman–Crippen LogP) is 3.29. The normalized spacial score (nSPS) is 11.7. The number of ether oxygens (including phenoxy) is 2. The Hall–Kier alpha value is -1.24. The summed E-state index contributed by atoms with van der Waals surface area (Å²) in [6.07, 6.45) is -0.497. The summed E-state index contributed by atoms with van der Waals surface area (Å²) in [6.45, 7) is 4.24. The third-order valence-corrected chi connectivity index (χ3v) is 5.55. The molecule has 1 aromatic carbocycles. The Kier molecular flexibility index (Phi) is 9.93. The van der Waals surface area contributed by atoms with Gasteiger partial charge in [0.1, 0.15) is 0 Å². The van der Waals surface area contributed by atoms with Crippen LogP contribution in [0, 0.1) is 0 Å². The summed E-state index contributed by atoms with van der Waals surface area (Å²) >= 11 is 0. The van der Waals surface area contributed by atoms with Crippen LogP contribution in [0.2, 0.25) is 0 Å². The van der Waals surface area contributed by atoms with E-state index in [0.717, 1.165) is 0 Å². The largest absolute Gasteiger partial charge is 0.354 e. The van der Waals surface area contributed by atoms with Crippen LogP contribution in [-0.4, -0.2) is 52.3 Å². The van der Waals surface area contributed by atoms with Crippen molar-refractivity contribution in [2.45, 2.75) is 26.6 Å². The van der Waals surface area contributed by atoms with E-state index >= 15 is 0 Å². The van der Waals surface area contributed by atoms with Gasteiger partial charge in [0.2, 0.25) is 5.91 Å². The molecule has 0 fully saturated rings. The number of rotatable bonds is 12. The van der Waals surface area contributed by atoms with Crippen molar-refractivity contribution >= 4 is 19.2 Å². The minimum Gasteiger partial charge on any atom is -0.354 e. The Balaban J connectivity index is 2.87. The lowest BCUT2D eigenvalue weighted by Gasteiger charge is -2.27. The van der Waals surface area contributed by atoms with E-state index in [0.29, 0.717) is 5.69 Å². The first kappa shape index (κ1) is 21.8. The molecule has 0 heterocycles. The van der Waals surface area contributed by atoms with Gasteiger partial charge in [0.25, 0.3) is 0 Å². The summed E-state index contributed by atoms with van der Waals surface area (Å²) in [7, 11) is -0.234. The molecule has 0 aliphatic heterocycles. The van der Waals surface area contributed by atoms with Crippen molar-refractivity contribution in [3.63, 3.8) is 0 Å². The van der Waals surface area contributed by atoms with Crippen molar-refractivity contribution < 1.29 is 27.9 Å². The average Bonchev–Trinajstić information content (AvgIpc) is 2.62. The molecule has 1 amide bonds. The lowest BCUT2D eigenvalue weighted by Crippen LogP contribution is -2.39. The van der Waals surface area contributed by atoms with Gasteiger partial charge in [0.05, 0.1) is 25.9 Å². The molecule has 0 atom stereocenters. The van der Waals surface area contributed by atoms with Crippen LogP contribution in [0.15, 0.2) is 30.3 Å². The van der Waals surface area contributed by atoms with Gasteiger partial charge in [0.15, 0.2) is 6.29 Å². The Bertz CT molecular complexity index is 539. The van der Waals surface area contributed by atoms with E-state index in [1.54, 1.807) is 18.7 Å². The van der Waals surface area contributed by atoms with Crippen LogP contribution in [0.3, 0.4) is 0 Å². The van der Waals surface area contributed by atoms with Gasteiger partial charge >= 0.3 is 7.60 Å². The molecule has 0 unspecified atom stereocenters. The molecule has 0 aromatic heterocycles. The molecule has 142 valence electrons. The van der Waals surface area contributed by atoms with Gasteiger partial charge in [-0.1, -0.05) is 18.2 Å². The Morgan fingerprint density at radius 1 is 1.08 bits per heavy atom. The second-order valence-corrected chi connectivity index (χ2v) is 7.35. The van der Waals surface area contributed by atoms with Crippen LogP contribution in [0.4, 0.5) is 5.69 Å². The number of anilines is 1. The number of hydrogen-bond donors (Lipinski definition) is 0. The number of hydrogen-bond acceptors (Lipinski definition) is 6. The fourth-order valence-corrected chi connectivity index (χ4v) is 3.87. The minimum absolute atomic E-state index is 0.0292. The quantitative estimate of drug-likeness (QED) is 0.413. The number of methoxy groups -OCH3 is 2. The van der Waals surface area contributed by atoms with E-state index in [2.05, 4.69) is 0 Å². The van der Waals surface area contributed by atoms with E-state index in [1.165, 1.54) is 14.2 Å². The van der Waals surface area contributed by atoms with Gasteiger partial charge in [-0.25, -0.2) is 0 Å². The highest BCUT2D eigenvalue weighted by Crippen LogP contribution is 2.48. The second-order valence-electron chi connectivity index (χ2n) is 5.16. The lowest BCUT2D eigenvalue weighted by atomic mass is 10.2. The predicted molar refractivity (Wildman–Crippen MR) is 96.9 cm³/mol.